The summed E-state index contributed by atoms with van der Waals surface area (Å²) >= 11 is 0. The Kier molecular flexibility index (Phi) is 7.34. The van der Waals surface area contributed by atoms with Crippen LogP contribution in [0.4, 0.5) is 4.39 Å². The van der Waals surface area contributed by atoms with E-state index in [1.54, 1.807) is 36.1 Å². The Morgan fingerprint density at radius 3 is 2.78 bits per heavy atom. The molecule has 0 saturated heterocycles. The van der Waals surface area contributed by atoms with Crippen molar-refractivity contribution in [3.63, 3.8) is 0 Å². The average Bonchev–Trinajstić information content (AvgIpc) is 3.27. The van der Waals surface area contributed by atoms with Gasteiger partial charge in [-0.05, 0) is 24.6 Å². The normalized spacial score (nSPS) is 11.2. The summed E-state index contributed by atoms with van der Waals surface area (Å²) in [4.78, 5) is 10.3. The highest BCUT2D eigenvalue weighted by Crippen LogP contribution is 2.16. The van der Waals surface area contributed by atoms with E-state index in [2.05, 4.69) is 20.4 Å². The van der Waals surface area contributed by atoms with Gasteiger partial charge in [-0.3, -0.25) is 4.99 Å². The molecule has 1 aromatic carbocycles. The molecular weight excluding hydrogens is 462 g/mol. The van der Waals surface area contributed by atoms with Crippen LogP contribution in [-0.2, 0) is 13.1 Å². The Bertz CT molecular complexity index is 893. The van der Waals surface area contributed by atoms with E-state index in [0.29, 0.717) is 24.7 Å². The van der Waals surface area contributed by atoms with Crippen molar-refractivity contribution in [3.05, 3.63) is 65.8 Å². The van der Waals surface area contributed by atoms with Crippen molar-refractivity contribution >= 4 is 29.9 Å². The standard InChI is InChI=1S/C18H21FN6O.HI/c1-13-21-7-8-25(13)17-5-4-14(10-16(17)19)11-22-18(20-2)24(3)12-15-6-9-26-23-15;/h4-10H,11-12H2,1-3H3,(H,20,22);1H. The number of imidazole rings is 1. The molecule has 0 spiro atoms. The fourth-order valence-electron chi connectivity index (χ4n) is 2.69. The number of nitrogens with zero attached hydrogens (tertiary/aromatic N) is 5. The predicted octanol–water partition coefficient (Wildman–Crippen LogP) is 3.13. The Hall–Kier alpha value is -2.43. The van der Waals surface area contributed by atoms with Gasteiger partial charge in [0, 0.05) is 39.1 Å². The Labute approximate surface area is 174 Å². The van der Waals surface area contributed by atoms with Crippen LogP contribution in [0.25, 0.3) is 5.69 Å². The zero-order valence-corrected chi connectivity index (χ0v) is 17.7. The minimum absolute atomic E-state index is 0. The summed E-state index contributed by atoms with van der Waals surface area (Å²) in [6.07, 6.45) is 4.93. The second-order valence-electron chi connectivity index (χ2n) is 5.88. The van der Waals surface area contributed by atoms with Gasteiger partial charge >= 0.3 is 0 Å². The van der Waals surface area contributed by atoms with E-state index in [1.807, 2.05) is 24.9 Å². The number of guanidine groups is 1. The van der Waals surface area contributed by atoms with Gasteiger partial charge in [-0.25, -0.2) is 9.37 Å². The van der Waals surface area contributed by atoms with Gasteiger partial charge in [0.15, 0.2) is 5.96 Å². The highest BCUT2D eigenvalue weighted by atomic mass is 127. The summed E-state index contributed by atoms with van der Waals surface area (Å²) in [6.45, 7) is 2.85. The molecule has 0 saturated carbocycles. The molecule has 2 heterocycles. The second-order valence-corrected chi connectivity index (χ2v) is 5.88. The number of hydrogen-bond acceptors (Lipinski definition) is 4. The van der Waals surface area contributed by atoms with Crippen LogP contribution in [0.3, 0.4) is 0 Å². The molecule has 0 fully saturated rings. The van der Waals surface area contributed by atoms with E-state index in [0.717, 1.165) is 17.1 Å². The number of halogens is 2. The first-order valence-electron chi connectivity index (χ1n) is 8.18. The molecule has 0 atom stereocenters. The van der Waals surface area contributed by atoms with Crippen LogP contribution in [0.2, 0.25) is 0 Å². The summed E-state index contributed by atoms with van der Waals surface area (Å²) in [6, 6.07) is 6.96. The molecule has 0 aliphatic rings. The highest BCUT2D eigenvalue weighted by Gasteiger charge is 2.11. The summed E-state index contributed by atoms with van der Waals surface area (Å²) in [5.74, 6) is 1.13. The first-order chi connectivity index (χ1) is 12.6. The van der Waals surface area contributed by atoms with Crippen LogP contribution in [0, 0.1) is 12.7 Å². The molecule has 0 radical (unpaired) electrons. The van der Waals surface area contributed by atoms with Crippen LogP contribution in [0.1, 0.15) is 17.1 Å². The molecule has 144 valence electrons. The van der Waals surface area contributed by atoms with Crippen LogP contribution in [-0.4, -0.2) is 39.7 Å². The van der Waals surface area contributed by atoms with Crippen molar-refractivity contribution < 1.29 is 8.91 Å². The number of nitrogens with one attached hydrogen (secondary N) is 1. The second kappa shape index (κ2) is 9.49. The zero-order valence-electron chi connectivity index (χ0n) is 15.4. The zero-order chi connectivity index (χ0) is 18.5. The lowest BCUT2D eigenvalue weighted by Crippen LogP contribution is -2.38. The van der Waals surface area contributed by atoms with Gasteiger partial charge in [0.2, 0.25) is 0 Å². The van der Waals surface area contributed by atoms with Crippen molar-refractivity contribution in [2.45, 2.75) is 20.0 Å². The topological polar surface area (TPSA) is 71.5 Å². The molecule has 0 aliphatic heterocycles. The van der Waals surface area contributed by atoms with Gasteiger partial charge in [-0.2, -0.15) is 0 Å². The lowest BCUT2D eigenvalue weighted by Gasteiger charge is -2.21. The van der Waals surface area contributed by atoms with E-state index < -0.39 is 0 Å². The largest absolute Gasteiger partial charge is 0.364 e. The molecular formula is C18H22FIN6O. The molecule has 0 unspecified atom stereocenters. The summed E-state index contributed by atoms with van der Waals surface area (Å²) < 4.78 is 21.0. The van der Waals surface area contributed by atoms with Crippen molar-refractivity contribution in [1.29, 1.82) is 0 Å². The van der Waals surface area contributed by atoms with Crippen LogP contribution >= 0.6 is 24.0 Å². The molecule has 3 aromatic rings. The number of rotatable bonds is 5. The minimum atomic E-state index is -0.295. The van der Waals surface area contributed by atoms with Crippen molar-refractivity contribution in [3.8, 4) is 5.69 Å². The Morgan fingerprint density at radius 2 is 2.19 bits per heavy atom. The fraction of sp³-hybridized carbons (Fsp3) is 0.278. The smallest absolute Gasteiger partial charge is 0.194 e. The maximum absolute atomic E-state index is 14.5. The molecule has 27 heavy (non-hydrogen) atoms. The Morgan fingerprint density at radius 1 is 1.37 bits per heavy atom. The lowest BCUT2D eigenvalue weighted by atomic mass is 10.2. The Balaban J connectivity index is 0.00000261. The third kappa shape index (κ3) is 5.06. The third-order valence-corrected chi connectivity index (χ3v) is 4.01. The summed E-state index contributed by atoms with van der Waals surface area (Å²) in [5, 5.41) is 7.11. The molecule has 1 N–H and O–H groups in total. The van der Waals surface area contributed by atoms with Gasteiger partial charge in [0.1, 0.15) is 23.6 Å². The molecule has 7 nitrogen and oxygen atoms in total. The van der Waals surface area contributed by atoms with E-state index >= 15 is 0 Å². The molecule has 9 heteroatoms. The molecule has 2 aromatic heterocycles. The maximum atomic E-state index is 14.5. The minimum Gasteiger partial charge on any atom is -0.364 e. The highest BCUT2D eigenvalue weighted by molar-refractivity contribution is 14.0. The fourth-order valence-corrected chi connectivity index (χ4v) is 2.69. The molecule has 0 bridgehead atoms. The monoisotopic (exact) mass is 484 g/mol. The molecule has 0 aliphatic carbocycles. The van der Waals surface area contributed by atoms with Crippen LogP contribution in [0.15, 0.2) is 52.4 Å². The SMILES string of the molecule is CN=C(NCc1ccc(-n2ccnc2C)c(F)c1)N(C)Cc1ccon1.I. The van der Waals surface area contributed by atoms with E-state index in [4.69, 9.17) is 4.52 Å². The van der Waals surface area contributed by atoms with Crippen molar-refractivity contribution in [2.24, 2.45) is 4.99 Å². The predicted molar refractivity (Wildman–Crippen MR) is 112 cm³/mol. The summed E-state index contributed by atoms with van der Waals surface area (Å²) in [7, 11) is 3.60. The van der Waals surface area contributed by atoms with E-state index in [1.165, 1.54) is 12.3 Å². The van der Waals surface area contributed by atoms with E-state index in [9.17, 15) is 4.39 Å². The van der Waals surface area contributed by atoms with Gasteiger partial charge in [0.05, 0.1) is 12.2 Å². The molecule has 3 rings (SSSR count). The number of aromatic nitrogens is 3. The first-order valence-corrected chi connectivity index (χ1v) is 8.18. The third-order valence-electron chi connectivity index (χ3n) is 4.01. The van der Waals surface area contributed by atoms with Gasteiger partial charge in [0.25, 0.3) is 0 Å². The lowest BCUT2D eigenvalue weighted by molar-refractivity contribution is 0.391. The number of hydrogen-bond donors (Lipinski definition) is 1. The summed E-state index contributed by atoms with van der Waals surface area (Å²) in [5.41, 5.74) is 2.11. The van der Waals surface area contributed by atoms with Crippen LogP contribution in [0.5, 0.6) is 0 Å². The number of aliphatic imine (C=N–C) groups is 1. The first kappa shape index (κ1) is 20.9. The van der Waals surface area contributed by atoms with E-state index in [-0.39, 0.29) is 29.8 Å². The van der Waals surface area contributed by atoms with Crippen molar-refractivity contribution in [2.75, 3.05) is 14.1 Å². The van der Waals surface area contributed by atoms with Gasteiger partial charge in [-0.15, -0.1) is 24.0 Å². The van der Waals surface area contributed by atoms with Gasteiger partial charge in [-0.1, -0.05) is 11.2 Å². The number of aryl methyl sites for hydroxylation is 1. The van der Waals surface area contributed by atoms with Gasteiger partial charge < -0.3 is 19.3 Å². The maximum Gasteiger partial charge on any atom is 0.194 e. The number of benzene rings is 1. The van der Waals surface area contributed by atoms with Crippen molar-refractivity contribution in [1.82, 2.24) is 24.9 Å². The van der Waals surface area contributed by atoms with Crippen LogP contribution < -0.4 is 5.32 Å². The quantitative estimate of drug-likeness (QED) is 0.343. The molecule has 0 amide bonds. The average molecular weight is 484 g/mol.